The summed E-state index contributed by atoms with van der Waals surface area (Å²) in [6, 6.07) is 10.7. The van der Waals surface area contributed by atoms with Crippen molar-refractivity contribution in [3.05, 3.63) is 48.2 Å². The van der Waals surface area contributed by atoms with Crippen molar-refractivity contribution < 1.29 is 9.53 Å². The van der Waals surface area contributed by atoms with Gasteiger partial charge in [-0.05, 0) is 38.2 Å². The van der Waals surface area contributed by atoms with Crippen LogP contribution in [0.4, 0.5) is 0 Å². The lowest BCUT2D eigenvalue weighted by atomic mass is 10.2. The maximum Gasteiger partial charge on any atom is 0.219 e. The first-order valence-corrected chi connectivity index (χ1v) is 6.11. The van der Waals surface area contributed by atoms with E-state index >= 15 is 0 Å². The Labute approximate surface area is 118 Å². The molecular formula is C14H16N2O2S. The third kappa shape index (κ3) is 4.73. The molecule has 5 heteroatoms. The Morgan fingerprint density at radius 1 is 1.26 bits per heavy atom. The number of hydrogen-bond acceptors (Lipinski definition) is 5. The third-order valence-corrected chi connectivity index (χ3v) is 2.46. The van der Waals surface area contributed by atoms with Crippen LogP contribution in [0.15, 0.2) is 47.5 Å². The van der Waals surface area contributed by atoms with Gasteiger partial charge in [0.05, 0.1) is 0 Å². The molecule has 4 nitrogen and oxygen atoms in total. The molecule has 1 aromatic carbocycles. The van der Waals surface area contributed by atoms with Crippen LogP contribution in [0.3, 0.4) is 0 Å². The number of benzene rings is 1. The minimum absolute atomic E-state index is 0.0126. The van der Waals surface area contributed by atoms with Crippen LogP contribution in [0.2, 0.25) is 0 Å². The van der Waals surface area contributed by atoms with Gasteiger partial charge in [-0.3, -0.25) is 4.79 Å². The predicted octanol–water partition coefficient (Wildman–Crippen LogP) is 2.94. The average Bonchev–Trinajstić information content (AvgIpc) is 2.41. The topological polar surface area (TPSA) is 65.2 Å². The van der Waals surface area contributed by atoms with Gasteiger partial charge in [-0.15, -0.1) is 12.6 Å². The molecule has 2 N–H and O–H groups in total. The summed E-state index contributed by atoms with van der Waals surface area (Å²) in [7, 11) is 1.50. The summed E-state index contributed by atoms with van der Waals surface area (Å²) >= 11 is 4.22. The molecular weight excluding hydrogens is 260 g/mol. The number of carbonyl (C=O) groups excluding carboxylic acids is 1. The summed E-state index contributed by atoms with van der Waals surface area (Å²) in [5, 5.41) is 0. The highest BCUT2D eigenvalue weighted by atomic mass is 32.1. The van der Waals surface area contributed by atoms with E-state index < -0.39 is 0 Å². The van der Waals surface area contributed by atoms with Crippen LogP contribution >= 0.6 is 12.6 Å². The second-order valence-electron chi connectivity index (χ2n) is 3.54. The molecule has 1 heterocycles. The zero-order chi connectivity index (χ0) is 14.3. The highest BCUT2D eigenvalue weighted by Crippen LogP contribution is 2.21. The van der Waals surface area contributed by atoms with E-state index in [-0.39, 0.29) is 5.78 Å². The van der Waals surface area contributed by atoms with Crippen LogP contribution in [0.5, 0.6) is 11.6 Å². The van der Waals surface area contributed by atoms with Crippen LogP contribution in [-0.2, 0) is 0 Å². The van der Waals surface area contributed by atoms with E-state index in [9.17, 15) is 4.79 Å². The average molecular weight is 276 g/mol. The van der Waals surface area contributed by atoms with Gasteiger partial charge < -0.3 is 10.5 Å². The van der Waals surface area contributed by atoms with Crippen LogP contribution in [-0.4, -0.2) is 17.8 Å². The Bertz CT molecular complexity index is 541. The molecule has 0 radical (unpaired) electrons. The van der Waals surface area contributed by atoms with Gasteiger partial charge >= 0.3 is 0 Å². The molecule has 0 unspecified atom stereocenters. The van der Waals surface area contributed by atoms with Gasteiger partial charge in [0.1, 0.15) is 5.75 Å². The van der Waals surface area contributed by atoms with Gasteiger partial charge in [-0.2, -0.15) is 0 Å². The predicted molar refractivity (Wildman–Crippen MR) is 78.1 cm³/mol. The minimum Gasteiger partial charge on any atom is -0.439 e. The first-order valence-electron chi connectivity index (χ1n) is 5.67. The van der Waals surface area contributed by atoms with Crippen molar-refractivity contribution in [2.75, 3.05) is 7.05 Å². The molecule has 0 aliphatic carbocycles. The van der Waals surface area contributed by atoms with E-state index in [0.29, 0.717) is 17.2 Å². The fourth-order valence-electron chi connectivity index (χ4n) is 1.32. The number of rotatable bonds is 3. The Morgan fingerprint density at radius 2 is 2.00 bits per heavy atom. The summed E-state index contributed by atoms with van der Waals surface area (Å²) in [6.07, 6.45) is 1.50. The first kappa shape index (κ1) is 15.2. The Balaban J connectivity index is 0.000000861. The largest absolute Gasteiger partial charge is 0.439 e. The number of nitrogens with two attached hydrogens (primary N) is 1. The molecule has 0 amide bonds. The van der Waals surface area contributed by atoms with Crippen molar-refractivity contribution in [3.8, 4) is 11.6 Å². The second kappa shape index (κ2) is 7.56. The first-order chi connectivity index (χ1) is 9.15. The summed E-state index contributed by atoms with van der Waals surface area (Å²) in [4.78, 5) is 15.9. The molecule has 0 saturated heterocycles. The number of hydrogen-bond donors (Lipinski definition) is 2. The fourth-order valence-corrected chi connectivity index (χ4v) is 1.53. The fraction of sp³-hybridized carbons (Fsp3) is 0.143. The summed E-state index contributed by atoms with van der Waals surface area (Å²) in [5.41, 5.74) is 5.07. The maximum absolute atomic E-state index is 11.1. The van der Waals surface area contributed by atoms with E-state index in [1.54, 1.807) is 18.2 Å². The monoisotopic (exact) mass is 276 g/mol. The number of nitrogens with zero attached hydrogens (tertiary/aromatic N) is 1. The van der Waals surface area contributed by atoms with Crippen molar-refractivity contribution in [1.82, 2.24) is 4.98 Å². The van der Waals surface area contributed by atoms with Gasteiger partial charge in [0.25, 0.3) is 0 Å². The highest BCUT2D eigenvalue weighted by Gasteiger charge is 2.02. The molecule has 100 valence electrons. The number of thiol groups is 1. The van der Waals surface area contributed by atoms with Gasteiger partial charge in [0, 0.05) is 22.7 Å². The van der Waals surface area contributed by atoms with E-state index in [4.69, 9.17) is 4.74 Å². The third-order valence-electron chi connectivity index (χ3n) is 2.18. The van der Waals surface area contributed by atoms with Crippen LogP contribution < -0.4 is 10.5 Å². The van der Waals surface area contributed by atoms with Gasteiger partial charge in [-0.25, -0.2) is 4.98 Å². The Morgan fingerprint density at radius 3 is 2.53 bits per heavy atom. The molecule has 1 aromatic heterocycles. The van der Waals surface area contributed by atoms with Gasteiger partial charge in [0.15, 0.2) is 5.78 Å². The van der Waals surface area contributed by atoms with Crippen molar-refractivity contribution >= 4 is 18.4 Å². The van der Waals surface area contributed by atoms with Gasteiger partial charge in [-0.1, -0.05) is 6.07 Å². The molecule has 0 spiro atoms. The molecule has 0 saturated carbocycles. The smallest absolute Gasteiger partial charge is 0.219 e. The number of Topliss-reactive ketones (excluding diaryl/α,β-unsaturated/α-hetero) is 1. The number of carbonyl (C=O) groups is 1. The molecule has 0 atom stereocenters. The lowest BCUT2D eigenvalue weighted by molar-refractivity contribution is 0.101. The maximum atomic E-state index is 11.1. The van der Waals surface area contributed by atoms with Crippen molar-refractivity contribution in [2.24, 2.45) is 5.73 Å². The van der Waals surface area contributed by atoms with Gasteiger partial charge in [0.2, 0.25) is 5.88 Å². The number of aromatic nitrogens is 1. The van der Waals surface area contributed by atoms with Crippen LogP contribution in [0, 0.1) is 0 Å². The van der Waals surface area contributed by atoms with Crippen molar-refractivity contribution in [3.63, 3.8) is 0 Å². The SMILES string of the molecule is CC(=O)c1ccc(Oc2cccc(S)c2)nc1.CN. The van der Waals surface area contributed by atoms with Crippen molar-refractivity contribution in [2.45, 2.75) is 11.8 Å². The standard InChI is InChI=1S/C13H11NO2S.CH5N/c1-9(15)10-5-6-13(14-8-10)16-11-3-2-4-12(17)7-11;1-2/h2-8,17H,1H3;2H2,1H3. The lowest BCUT2D eigenvalue weighted by Gasteiger charge is -2.05. The lowest BCUT2D eigenvalue weighted by Crippen LogP contribution is -1.94. The van der Waals surface area contributed by atoms with E-state index in [2.05, 4.69) is 23.3 Å². The molecule has 0 fully saturated rings. The molecule has 2 rings (SSSR count). The van der Waals surface area contributed by atoms with E-state index in [1.807, 2.05) is 18.2 Å². The summed E-state index contributed by atoms with van der Waals surface area (Å²) < 4.78 is 5.52. The highest BCUT2D eigenvalue weighted by molar-refractivity contribution is 7.80. The van der Waals surface area contributed by atoms with Crippen LogP contribution in [0.25, 0.3) is 0 Å². The Hall–Kier alpha value is -1.85. The second-order valence-corrected chi connectivity index (χ2v) is 4.06. The summed E-state index contributed by atoms with van der Waals surface area (Å²) in [5.74, 6) is 1.11. The molecule has 0 bridgehead atoms. The van der Waals surface area contributed by atoms with E-state index in [1.165, 1.54) is 20.2 Å². The summed E-state index contributed by atoms with van der Waals surface area (Å²) in [6.45, 7) is 1.50. The van der Waals surface area contributed by atoms with Crippen molar-refractivity contribution in [1.29, 1.82) is 0 Å². The molecule has 2 aromatic rings. The number of pyridine rings is 1. The zero-order valence-electron chi connectivity index (χ0n) is 10.8. The molecule has 0 aliphatic heterocycles. The minimum atomic E-state index is -0.0126. The molecule has 19 heavy (non-hydrogen) atoms. The molecule has 0 aliphatic rings. The number of ether oxygens (including phenoxy) is 1. The number of ketones is 1. The Kier molecular flexibility index (Phi) is 6.05. The normalized spacial score (nSPS) is 9.26. The zero-order valence-corrected chi connectivity index (χ0v) is 11.7. The van der Waals surface area contributed by atoms with Crippen LogP contribution in [0.1, 0.15) is 17.3 Å². The quantitative estimate of drug-likeness (QED) is 0.668. The van der Waals surface area contributed by atoms with E-state index in [0.717, 1.165) is 4.90 Å².